The fourth-order valence-corrected chi connectivity index (χ4v) is 2.38. The van der Waals surface area contributed by atoms with E-state index in [1.165, 1.54) is 11.1 Å². The van der Waals surface area contributed by atoms with E-state index < -0.39 is 0 Å². The summed E-state index contributed by atoms with van der Waals surface area (Å²) in [4.78, 5) is 4.41. The molecule has 0 spiro atoms. The summed E-state index contributed by atoms with van der Waals surface area (Å²) in [5.41, 5.74) is 5.57. The number of imidazole rings is 1. The molecule has 0 fully saturated rings. The highest BCUT2D eigenvalue weighted by atomic mass is 15.2. The first-order valence-corrected chi connectivity index (χ1v) is 7.24. The van der Waals surface area contributed by atoms with Crippen LogP contribution in [0, 0.1) is 6.92 Å². The van der Waals surface area contributed by atoms with Gasteiger partial charge >= 0.3 is 0 Å². The van der Waals surface area contributed by atoms with Crippen molar-refractivity contribution in [3.05, 3.63) is 53.6 Å². The molecule has 0 saturated carbocycles. The minimum absolute atomic E-state index is 0.254. The highest BCUT2D eigenvalue weighted by molar-refractivity contribution is 5.21. The number of hydrazine groups is 1. The Hall–Kier alpha value is -1.65. The normalized spacial score (nSPS) is 12.6. The van der Waals surface area contributed by atoms with E-state index in [0.717, 1.165) is 31.6 Å². The summed E-state index contributed by atoms with van der Waals surface area (Å²) in [6, 6.07) is 8.95. The SMILES string of the molecule is CCn1ccnc1CC(CCc1ccc(C)cc1)NN. The van der Waals surface area contributed by atoms with Crippen molar-refractivity contribution in [2.45, 2.75) is 45.7 Å². The van der Waals surface area contributed by atoms with Crippen LogP contribution in [0.1, 0.15) is 30.3 Å². The number of rotatable bonds is 7. The van der Waals surface area contributed by atoms with Crippen LogP contribution in [0.3, 0.4) is 0 Å². The number of aromatic nitrogens is 2. The number of nitrogens with zero attached hydrogens (tertiary/aromatic N) is 2. The number of hydrogen-bond acceptors (Lipinski definition) is 3. The van der Waals surface area contributed by atoms with E-state index in [9.17, 15) is 0 Å². The van der Waals surface area contributed by atoms with Crippen molar-refractivity contribution < 1.29 is 0 Å². The molecule has 1 heterocycles. The number of benzene rings is 1. The zero-order chi connectivity index (χ0) is 14.4. The second-order valence-electron chi connectivity index (χ2n) is 5.22. The van der Waals surface area contributed by atoms with Crippen molar-refractivity contribution in [1.29, 1.82) is 0 Å². The van der Waals surface area contributed by atoms with Crippen molar-refractivity contribution >= 4 is 0 Å². The van der Waals surface area contributed by atoms with Crippen LogP contribution in [-0.2, 0) is 19.4 Å². The Kier molecular flexibility index (Phi) is 5.32. The maximum atomic E-state index is 5.68. The highest BCUT2D eigenvalue weighted by Gasteiger charge is 2.11. The third-order valence-corrected chi connectivity index (χ3v) is 3.71. The molecule has 2 aromatic rings. The van der Waals surface area contributed by atoms with Gasteiger partial charge in [-0.2, -0.15) is 0 Å². The Balaban J connectivity index is 1.90. The fourth-order valence-electron chi connectivity index (χ4n) is 2.38. The van der Waals surface area contributed by atoms with Gasteiger partial charge in [-0.05, 0) is 32.3 Å². The number of aryl methyl sites for hydroxylation is 3. The van der Waals surface area contributed by atoms with Crippen molar-refractivity contribution in [2.24, 2.45) is 5.84 Å². The quantitative estimate of drug-likeness (QED) is 0.600. The van der Waals surface area contributed by atoms with Gasteiger partial charge in [-0.25, -0.2) is 4.98 Å². The molecule has 0 amide bonds. The summed E-state index contributed by atoms with van der Waals surface area (Å²) in [5, 5.41) is 0. The second kappa shape index (κ2) is 7.22. The summed E-state index contributed by atoms with van der Waals surface area (Å²) >= 11 is 0. The molecule has 0 aliphatic carbocycles. The van der Waals surface area contributed by atoms with Crippen LogP contribution >= 0.6 is 0 Å². The van der Waals surface area contributed by atoms with Crippen LogP contribution in [0.25, 0.3) is 0 Å². The zero-order valence-electron chi connectivity index (χ0n) is 12.3. The Morgan fingerprint density at radius 1 is 1.30 bits per heavy atom. The van der Waals surface area contributed by atoms with Crippen LogP contribution in [0.15, 0.2) is 36.7 Å². The van der Waals surface area contributed by atoms with Gasteiger partial charge in [0, 0.05) is 31.4 Å². The Morgan fingerprint density at radius 2 is 2.05 bits per heavy atom. The zero-order valence-corrected chi connectivity index (χ0v) is 12.3. The molecule has 0 aliphatic heterocycles. The minimum Gasteiger partial charge on any atom is -0.335 e. The lowest BCUT2D eigenvalue weighted by Gasteiger charge is -2.16. The maximum Gasteiger partial charge on any atom is 0.110 e. The van der Waals surface area contributed by atoms with E-state index in [-0.39, 0.29) is 6.04 Å². The number of nitrogens with two attached hydrogens (primary N) is 1. The lowest BCUT2D eigenvalue weighted by atomic mass is 10.0. The smallest absolute Gasteiger partial charge is 0.110 e. The van der Waals surface area contributed by atoms with Crippen LogP contribution in [-0.4, -0.2) is 15.6 Å². The summed E-state index contributed by atoms with van der Waals surface area (Å²) in [7, 11) is 0. The molecule has 0 saturated heterocycles. The van der Waals surface area contributed by atoms with Crippen LogP contribution in [0.4, 0.5) is 0 Å². The molecule has 2 rings (SSSR count). The van der Waals surface area contributed by atoms with Gasteiger partial charge in [-0.3, -0.25) is 11.3 Å². The maximum absolute atomic E-state index is 5.68. The summed E-state index contributed by atoms with van der Waals surface area (Å²) in [6.45, 7) is 5.19. The van der Waals surface area contributed by atoms with Crippen LogP contribution in [0.5, 0.6) is 0 Å². The van der Waals surface area contributed by atoms with E-state index in [2.05, 4.69) is 53.1 Å². The van der Waals surface area contributed by atoms with E-state index in [0.29, 0.717) is 0 Å². The molecular weight excluding hydrogens is 248 g/mol. The average molecular weight is 272 g/mol. The number of nitrogens with one attached hydrogen (secondary N) is 1. The van der Waals surface area contributed by atoms with Gasteiger partial charge in [0.2, 0.25) is 0 Å². The third kappa shape index (κ3) is 3.92. The first-order chi connectivity index (χ1) is 9.72. The minimum atomic E-state index is 0.254. The summed E-state index contributed by atoms with van der Waals surface area (Å²) in [6.07, 6.45) is 6.77. The van der Waals surface area contributed by atoms with E-state index in [4.69, 9.17) is 5.84 Å². The van der Waals surface area contributed by atoms with E-state index in [1.54, 1.807) is 0 Å². The van der Waals surface area contributed by atoms with Crippen molar-refractivity contribution in [1.82, 2.24) is 15.0 Å². The van der Waals surface area contributed by atoms with Crippen LogP contribution in [0.2, 0.25) is 0 Å². The molecule has 1 aromatic heterocycles. The molecular formula is C16H24N4. The molecule has 0 bridgehead atoms. The van der Waals surface area contributed by atoms with Crippen molar-refractivity contribution in [3.8, 4) is 0 Å². The van der Waals surface area contributed by atoms with E-state index >= 15 is 0 Å². The fraction of sp³-hybridized carbons (Fsp3) is 0.438. The molecule has 108 valence electrons. The molecule has 0 aliphatic rings. The molecule has 1 atom stereocenters. The topological polar surface area (TPSA) is 55.9 Å². The van der Waals surface area contributed by atoms with Gasteiger partial charge in [-0.15, -0.1) is 0 Å². The monoisotopic (exact) mass is 272 g/mol. The predicted molar refractivity (Wildman–Crippen MR) is 82.2 cm³/mol. The van der Waals surface area contributed by atoms with Crippen LogP contribution < -0.4 is 11.3 Å². The van der Waals surface area contributed by atoms with Gasteiger partial charge in [0.15, 0.2) is 0 Å². The first-order valence-electron chi connectivity index (χ1n) is 7.24. The first kappa shape index (κ1) is 14.8. The lowest BCUT2D eigenvalue weighted by Crippen LogP contribution is -2.37. The van der Waals surface area contributed by atoms with Gasteiger partial charge in [0.25, 0.3) is 0 Å². The van der Waals surface area contributed by atoms with E-state index in [1.807, 2.05) is 12.4 Å². The second-order valence-corrected chi connectivity index (χ2v) is 5.22. The lowest BCUT2D eigenvalue weighted by molar-refractivity contribution is 0.473. The van der Waals surface area contributed by atoms with Gasteiger partial charge < -0.3 is 4.57 Å². The summed E-state index contributed by atoms with van der Waals surface area (Å²) in [5.74, 6) is 6.78. The Labute approximate surface area is 121 Å². The van der Waals surface area contributed by atoms with Crippen molar-refractivity contribution in [2.75, 3.05) is 0 Å². The molecule has 0 radical (unpaired) electrons. The highest BCUT2D eigenvalue weighted by Crippen LogP contribution is 2.10. The third-order valence-electron chi connectivity index (χ3n) is 3.71. The summed E-state index contributed by atoms with van der Waals surface area (Å²) < 4.78 is 2.16. The molecule has 4 heteroatoms. The molecule has 3 N–H and O–H groups in total. The molecule has 20 heavy (non-hydrogen) atoms. The van der Waals surface area contributed by atoms with Gasteiger partial charge in [0.1, 0.15) is 5.82 Å². The average Bonchev–Trinajstić information content (AvgIpc) is 2.92. The van der Waals surface area contributed by atoms with Gasteiger partial charge in [-0.1, -0.05) is 29.8 Å². The number of hydrogen-bond donors (Lipinski definition) is 2. The Morgan fingerprint density at radius 3 is 2.70 bits per heavy atom. The molecule has 1 unspecified atom stereocenters. The standard InChI is InChI=1S/C16H24N4/c1-3-20-11-10-18-16(20)12-15(19-17)9-8-14-6-4-13(2)5-7-14/h4-7,10-11,15,19H,3,8-9,12,17H2,1-2H3. The largest absolute Gasteiger partial charge is 0.335 e. The predicted octanol–water partition coefficient (Wildman–Crippen LogP) is 2.22. The van der Waals surface area contributed by atoms with Gasteiger partial charge in [0.05, 0.1) is 0 Å². The van der Waals surface area contributed by atoms with Crippen molar-refractivity contribution in [3.63, 3.8) is 0 Å². The Bertz CT molecular complexity index is 516. The molecule has 1 aromatic carbocycles. The molecule has 4 nitrogen and oxygen atoms in total.